The van der Waals surface area contributed by atoms with Crippen molar-refractivity contribution in [3.05, 3.63) is 11.3 Å². The normalized spacial score (nSPS) is 26.2. The van der Waals surface area contributed by atoms with E-state index in [9.17, 15) is 4.79 Å². The predicted molar refractivity (Wildman–Crippen MR) is 49.9 cm³/mol. The van der Waals surface area contributed by atoms with Gasteiger partial charge in [0.2, 0.25) is 3.79 Å². The van der Waals surface area contributed by atoms with Crippen molar-refractivity contribution in [2.75, 3.05) is 7.11 Å². The first-order chi connectivity index (χ1) is 5.88. The topological polar surface area (TPSA) is 35.5 Å². The quantitative estimate of drug-likeness (QED) is 0.307. The van der Waals surface area contributed by atoms with Gasteiger partial charge in [-0.2, -0.15) is 0 Å². The van der Waals surface area contributed by atoms with Gasteiger partial charge in [0.25, 0.3) is 0 Å². The summed E-state index contributed by atoms with van der Waals surface area (Å²) in [6, 6.07) is 0. The van der Waals surface area contributed by atoms with Crippen LogP contribution in [0.5, 0.6) is 0 Å². The zero-order chi connectivity index (χ0) is 10.2. The lowest BCUT2D eigenvalue weighted by Crippen LogP contribution is -2.46. The molecule has 1 unspecified atom stereocenters. The monoisotopic (exact) mass is 244 g/mol. The Morgan fingerprint density at radius 2 is 2.08 bits per heavy atom. The van der Waals surface area contributed by atoms with Crippen molar-refractivity contribution in [2.24, 2.45) is 0 Å². The van der Waals surface area contributed by atoms with Crippen LogP contribution < -0.4 is 0 Å². The van der Waals surface area contributed by atoms with Gasteiger partial charge in [-0.3, -0.25) is 0 Å². The number of carbonyl (C=O) groups is 1. The molecule has 6 heteroatoms. The molecule has 1 heterocycles. The Balaban J connectivity index is 2.91. The third-order valence-electron chi connectivity index (χ3n) is 1.69. The van der Waals surface area contributed by atoms with Crippen molar-refractivity contribution >= 4 is 40.8 Å². The van der Waals surface area contributed by atoms with E-state index in [1.807, 2.05) is 0 Å². The Morgan fingerprint density at radius 3 is 2.38 bits per heavy atom. The van der Waals surface area contributed by atoms with Gasteiger partial charge in [-0.05, 0) is 6.92 Å². The van der Waals surface area contributed by atoms with E-state index in [1.165, 1.54) is 7.11 Å². The molecule has 3 nitrogen and oxygen atoms in total. The highest BCUT2D eigenvalue weighted by Gasteiger charge is 2.50. The maximum atomic E-state index is 11.0. The average Bonchev–Trinajstić information content (AvgIpc) is 1.97. The van der Waals surface area contributed by atoms with E-state index in [1.54, 1.807) is 6.92 Å². The van der Waals surface area contributed by atoms with Gasteiger partial charge in [-0.25, -0.2) is 4.79 Å². The van der Waals surface area contributed by atoms with Crippen molar-refractivity contribution in [1.29, 1.82) is 0 Å². The third kappa shape index (κ3) is 2.03. The zero-order valence-electron chi connectivity index (χ0n) is 6.94. The maximum Gasteiger partial charge on any atom is 0.342 e. The maximum absolute atomic E-state index is 11.0. The number of allylic oxidation sites excluding steroid dienone is 1. The molecule has 1 saturated heterocycles. The van der Waals surface area contributed by atoms with Crippen LogP contribution in [0.15, 0.2) is 11.3 Å². The van der Waals surface area contributed by atoms with Crippen LogP contribution in [0.3, 0.4) is 0 Å². The Bertz CT molecular complexity index is 267. The number of methoxy groups -OCH3 is 1. The number of esters is 1. The third-order valence-corrected chi connectivity index (χ3v) is 2.28. The second-order valence-corrected chi connectivity index (χ2v) is 4.87. The lowest BCUT2D eigenvalue weighted by Gasteiger charge is -2.34. The summed E-state index contributed by atoms with van der Waals surface area (Å²) in [6.07, 6.45) is -0.829. The lowest BCUT2D eigenvalue weighted by molar-refractivity contribution is -0.156. The standard InChI is InChI=1S/C7H7Cl3O3/c1-3(12-2)4-5(7(8,9)10)13-6(4)11/h5H,1-2H3/b4-3+. The van der Waals surface area contributed by atoms with Gasteiger partial charge in [0, 0.05) is 0 Å². The number of carbonyl (C=O) groups excluding carboxylic acids is 1. The highest BCUT2D eigenvalue weighted by Crippen LogP contribution is 2.42. The highest BCUT2D eigenvalue weighted by atomic mass is 35.6. The molecular weight excluding hydrogens is 238 g/mol. The van der Waals surface area contributed by atoms with Crippen molar-refractivity contribution in [3.63, 3.8) is 0 Å². The minimum absolute atomic E-state index is 0.280. The Morgan fingerprint density at radius 1 is 1.54 bits per heavy atom. The van der Waals surface area contributed by atoms with Gasteiger partial charge in [0.15, 0.2) is 6.10 Å². The SMILES string of the molecule is CO/C(C)=C1/C(=O)OC1C(Cl)(Cl)Cl. The first-order valence-electron chi connectivity index (χ1n) is 3.40. The lowest BCUT2D eigenvalue weighted by atomic mass is 10.1. The molecule has 1 aliphatic heterocycles. The number of cyclic esters (lactones) is 1. The first kappa shape index (κ1) is 11.0. The summed E-state index contributed by atoms with van der Waals surface area (Å²) in [5, 5.41) is 0. The molecule has 0 aliphatic carbocycles. The van der Waals surface area contributed by atoms with Crippen LogP contribution >= 0.6 is 34.8 Å². The second-order valence-electron chi connectivity index (χ2n) is 2.50. The van der Waals surface area contributed by atoms with Crippen molar-refractivity contribution in [3.8, 4) is 0 Å². The molecule has 0 radical (unpaired) electrons. The van der Waals surface area contributed by atoms with Crippen molar-refractivity contribution in [1.82, 2.24) is 0 Å². The molecule has 0 saturated carbocycles. The molecular formula is C7H7Cl3O3. The number of alkyl halides is 3. The van der Waals surface area contributed by atoms with Crippen LogP contribution in [0, 0.1) is 0 Å². The van der Waals surface area contributed by atoms with Crippen LogP contribution in [0.4, 0.5) is 0 Å². The van der Waals surface area contributed by atoms with Gasteiger partial charge in [-0.1, -0.05) is 34.8 Å². The summed E-state index contributed by atoms with van der Waals surface area (Å²) in [6.45, 7) is 1.61. The fraction of sp³-hybridized carbons (Fsp3) is 0.571. The van der Waals surface area contributed by atoms with E-state index in [4.69, 9.17) is 39.5 Å². The summed E-state index contributed by atoms with van der Waals surface area (Å²) < 4.78 is 7.88. The Labute approximate surface area is 90.5 Å². The molecule has 1 rings (SSSR count). The molecule has 0 N–H and O–H groups in total. The predicted octanol–water partition coefficient (Wildman–Crippen LogP) is 2.20. The summed E-state index contributed by atoms with van der Waals surface area (Å²) >= 11 is 16.7. The minimum Gasteiger partial charge on any atom is -0.501 e. The molecule has 0 aromatic rings. The molecule has 1 atom stereocenters. The number of halogens is 3. The fourth-order valence-electron chi connectivity index (χ4n) is 0.947. The largest absolute Gasteiger partial charge is 0.501 e. The van der Waals surface area contributed by atoms with Gasteiger partial charge in [0.05, 0.1) is 7.11 Å². The molecule has 0 aromatic heterocycles. The van der Waals surface area contributed by atoms with E-state index in [2.05, 4.69) is 4.74 Å². The van der Waals surface area contributed by atoms with Gasteiger partial charge < -0.3 is 9.47 Å². The summed E-state index contributed by atoms with van der Waals surface area (Å²) in [5.41, 5.74) is 0.280. The number of hydrogen-bond donors (Lipinski definition) is 0. The van der Waals surface area contributed by atoms with E-state index >= 15 is 0 Å². The van der Waals surface area contributed by atoms with Crippen LogP contribution in [0.2, 0.25) is 0 Å². The smallest absolute Gasteiger partial charge is 0.342 e. The van der Waals surface area contributed by atoms with Crippen LogP contribution in [-0.2, 0) is 14.3 Å². The minimum atomic E-state index is -1.64. The zero-order valence-corrected chi connectivity index (χ0v) is 9.20. The molecule has 0 aromatic carbocycles. The Kier molecular flexibility index (Phi) is 3.00. The number of rotatable bonds is 1. The fourth-order valence-corrected chi connectivity index (χ4v) is 1.41. The number of hydrogen-bond acceptors (Lipinski definition) is 3. The van der Waals surface area contributed by atoms with Crippen molar-refractivity contribution < 1.29 is 14.3 Å². The highest BCUT2D eigenvalue weighted by molar-refractivity contribution is 6.68. The molecule has 0 bridgehead atoms. The van der Waals surface area contributed by atoms with E-state index in [-0.39, 0.29) is 5.57 Å². The average molecular weight is 245 g/mol. The summed E-state index contributed by atoms with van der Waals surface area (Å²) in [4.78, 5) is 11.0. The number of ether oxygens (including phenoxy) is 2. The van der Waals surface area contributed by atoms with Gasteiger partial charge in [0.1, 0.15) is 11.3 Å². The van der Waals surface area contributed by atoms with Crippen LogP contribution in [0.25, 0.3) is 0 Å². The summed E-state index contributed by atoms with van der Waals surface area (Å²) in [5.74, 6) is -0.0942. The van der Waals surface area contributed by atoms with Gasteiger partial charge in [-0.15, -0.1) is 0 Å². The Hall–Kier alpha value is -0.120. The summed E-state index contributed by atoms with van der Waals surface area (Å²) in [7, 11) is 1.43. The van der Waals surface area contributed by atoms with Crippen molar-refractivity contribution in [2.45, 2.75) is 16.8 Å². The molecule has 13 heavy (non-hydrogen) atoms. The molecule has 74 valence electrons. The van der Waals surface area contributed by atoms with Gasteiger partial charge >= 0.3 is 5.97 Å². The molecule has 1 fully saturated rings. The molecule has 1 aliphatic rings. The van der Waals surface area contributed by atoms with Crippen LogP contribution in [-0.4, -0.2) is 23.0 Å². The van der Waals surface area contributed by atoms with E-state index < -0.39 is 15.9 Å². The molecule has 0 amide bonds. The van der Waals surface area contributed by atoms with E-state index in [0.29, 0.717) is 5.76 Å². The second kappa shape index (κ2) is 3.56. The van der Waals surface area contributed by atoms with Crippen LogP contribution in [0.1, 0.15) is 6.92 Å². The van der Waals surface area contributed by atoms with E-state index in [0.717, 1.165) is 0 Å². The molecule has 0 spiro atoms. The first-order valence-corrected chi connectivity index (χ1v) is 4.53.